The van der Waals surface area contributed by atoms with Crippen molar-refractivity contribution in [3.8, 4) is 0 Å². The number of carbonyl (C=O) groups excluding carboxylic acids is 1. The summed E-state index contributed by atoms with van der Waals surface area (Å²) in [6.45, 7) is 2.01. The zero-order valence-electron chi connectivity index (χ0n) is 8.62. The molecule has 1 rings (SSSR count). The minimum absolute atomic E-state index is 0.0896. The lowest BCUT2D eigenvalue weighted by Crippen LogP contribution is -1.98. The number of aromatic nitrogens is 1. The number of pyridine rings is 1. The average Bonchev–Trinajstić information content (AvgIpc) is 2.27. The third-order valence-electron chi connectivity index (χ3n) is 1.66. The van der Waals surface area contributed by atoms with Crippen molar-refractivity contribution in [2.75, 3.05) is 6.61 Å². The van der Waals surface area contributed by atoms with Crippen molar-refractivity contribution in [3.05, 3.63) is 40.2 Å². The van der Waals surface area contributed by atoms with E-state index in [9.17, 15) is 14.9 Å². The average molecular weight is 222 g/mol. The topological polar surface area (TPSA) is 82.3 Å². The Kier molecular flexibility index (Phi) is 4.14. The Morgan fingerprint density at radius 2 is 2.38 bits per heavy atom. The van der Waals surface area contributed by atoms with Gasteiger partial charge in [-0.1, -0.05) is 0 Å². The Bertz CT molecular complexity index is 411. The maximum atomic E-state index is 10.9. The van der Waals surface area contributed by atoms with Gasteiger partial charge in [0, 0.05) is 12.1 Å². The van der Waals surface area contributed by atoms with Gasteiger partial charge in [0.25, 0.3) is 5.69 Å². The number of hydrogen-bond donors (Lipinski definition) is 0. The predicted octanol–water partition coefficient (Wildman–Crippen LogP) is 1.57. The Balaban J connectivity index is 2.68. The van der Waals surface area contributed by atoms with E-state index in [2.05, 4.69) is 9.72 Å². The molecule has 1 heterocycles. The summed E-state index contributed by atoms with van der Waals surface area (Å²) in [6.07, 6.45) is 3.78. The summed E-state index contributed by atoms with van der Waals surface area (Å²) in [4.78, 5) is 24.5. The van der Waals surface area contributed by atoms with Crippen molar-refractivity contribution >= 4 is 17.7 Å². The molecule has 0 aliphatic heterocycles. The smallest absolute Gasteiger partial charge is 0.330 e. The van der Waals surface area contributed by atoms with Crippen LogP contribution in [0.5, 0.6) is 0 Å². The van der Waals surface area contributed by atoms with Gasteiger partial charge < -0.3 is 4.74 Å². The largest absolute Gasteiger partial charge is 0.463 e. The van der Waals surface area contributed by atoms with Gasteiger partial charge in [0.1, 0.15) is 6.20 Å². The minimum Gasteiger partial charge on any atom is -0.463 e. The highest BCUT2D eigenvalue weighted by Crippen LogP contribution is 2.09. The van der Waals surface area contributed by atoms with Gasteiger partial charge in [-0.15, -0.1) is 0 Å². The lowest BCUT2D eigenvalue weighted by Gasteiger charge is -1.95. The second-order valence-corrected chi connectivity index (χ2v) is 2.78. The zero-order chi connectivity index (χ0) is 12.0. The molecule has 0 fully saturated rings. The normalized spacial score (nSPS) is 10.3. The van der Waals surface area contributed by atoms with Gasteiger partial charge in [0.2, 0.25) is 0 Å². The summed E-state index contributed by atoms with van der Waals surface area (Å²) < 4.78 is 4.66. The summed E-state index contributed by atoms with van der Waals surface area (Å²) in [7, 11) is 0. The Morgan fingerprint density at radius 3 is 2.88 bits per heavy atom. The van der Waals surface area contributed by atoms with Gasteiger partial charge in [0.15, 0.2) is 0 Å². The van der Waals surface area contributed by atoms with Gasteiger partial charge in [0.05, 0.1) is 17.2 Å². The quantitative estimate of drug-likeness (QED) is 0.334. The van der Waals surface area contributed by atoms with Gasteiger partial charge in [-0.2, -0.15) is 0 Å². The van der Waals surface area contributed by atoms with Crippen LogP contribution in [-0.2, 0) is 9.53 Å². The third kappa shape index (κ3) is 3.49. The molecule has 0 radical (unpaired) electrons. The minimum atomic E-state index is -0.536. The molecule has 1 aromatic heterocycles. The van der Waals surface area contributed by atoms with E-state index in [0.29, 0.717) is 12.3 Å². The number of nitrogens with zero attached hydrogens (tertiary/aromatic N) is 2. The molecule has 0 saturated heterocycles. The Labute approximate surface area is 91.7 Å². The molecule has 0 atom stereocenters. The molecule has 6 heteroatoms. The van der Waals surface area contributed by atoms with E-state index in [1.165, 1.54) is 24.3 Å². The molecule has 16 heavy (non-hydrogen) atoms. The molecule has 0 saturated carbocycles. The van der Waals surface area contributed by atoms with Crippen LogP contribution in [0.4, 0.5) is 5.69 Å². The highest BCUT2D eigenvalue weighted by Gasteiger charge is 2.03. The van der Waals surface area contributed by atoms with E-state index in [4.69, 9.17) is 0 Å². The SMILES string of the molecule is CCOC(=O)/C=C/c1ccc([N+](=O)[O-])cn1. The zero-order valence-corrected chi connectivity index (χ0v) is 8.62. The van der Waals surface area contributed by atoms with E-state index in [1.54, 1.807) is 6.92 Å². The Hall–Kier alpha value is -2.24. The van der Waals surface area contributed by atoms with Gasteiger partial charge in [-0.3, -0.25) is 10.1 Å². The van der Waals surface area contributed by atoms with Crippen molar-refractivity contribution < 1.29 is 14.5 Å². The van der Waals surface area contributed by atoms with Crippen LogP contribution in [0, 0.1) is 10.1 Å². The first-order valence-corrected chi connectivity index (χ1v) is 4.58. The summed E-state index contributed by atoms with van der Waals surface area (Å²) in [5.74, 6) is -0.470. The van der Waals surface area contributed by atoms with Gasteiger partial charge >= 0.3 is 5.97 Å². The molecule has 0 bridgehead atoms. The molecule has 0 aromatic carbocycles. The van der Waals surface area contributed by atoms with Crippen LogP contribution in [0.1, 0.15) is 12.6 Å². The molecular formula is C10H10N2O4. The number of rotatable bonds is 4. The molecular weight excluding hydrogens is 212 g/mol. The van der Waals surface area contributed by atoms with Crippen molar-refractivity contribution in [2.24, 2.45) is 0 Å². The van der Waals surface area contributed by atoms with Crippen LogP contribution in [-0.4, -0.2) is 22.5 Å². The monoisotopic (exact) mass is 222 g/mol. The summed E-state index contributed by atoms with van der Waals surface area (Å²) in [5, 5.41) is 10.3. The molecule has 0 N–H and O–H groups in total. The first kappa shape index (κ1) is 11.8. The third-order valence-corrected chi connectivity index (χ3v) is 1.66. The second-order valence-electron chi connectivity index (χ2n) is 2.78. The first-order valence-electron chi connectivity index (χ1n) is 4.58. The fraction of sp³-hybridized carbons (Fsp3) is 0.200. The fourth-order valence-electron chi connectivity index (χ4n) is 0.948. The molecule has 0 aliphatic carbocycles. The summed E-state index contributed by atoms with van der Waals surface area (Å²) >= 11 is 0. The van der Waals surface area contributed by atoms with Crippen LogP contribution in [0.2, 0.25) is 0 Å². The Morgan fingerprint density at radius 1 is 1.62 bits per heavy atom. The van der Waals surface area contributed by atoms with Gasteiger partial charge in [-0.05, 0) is 19.1 Å². The maximum Gasteiger partial charge on any atom is 0.330 e. The van der Waals surface area contributed by atoms with Crippen LogP contribution >= 0.6 is 0 Å². The molecule has 1 aromatic rings. The lowest BCUT2D eigenvalue weighted by molar-refractivity contribution is -0.385. The van der Waals surface area contributed by atoms with E-state index in [0.717, 1.165) is 6.20 Å². The molecule has 6 nitrogen and oxygen atoms in total. The number of nitro groups is 1. The molecule has 0 amide bonds. The number of ether oxygens (including phenoxy) is 1. The van der Waals surface area contributed by atoms with Crippen molar-refractivity contribution in [1.29, 1.82) is 0 Å². The number of esters is 1. The number of carbonyl (C=O) groups is 1. The molecule has 84 valence electrons. The summed E-state index contributed by atoms with van der Waals surface area (Å²) in [5.41, 5.74) is 0.368. The van der Waals surface area contributed by atoms with E-state index >= 15 is 0 Å². The van der Waals surface area contributed by atoms with Crippen LogP contribution in [0.3, 0.4) is 0 Å². The van der Waals surface area contributed by atoms with E-state index < -0.39 is 10.9 Å². The van der Waals surface area contributed by atoms with Gasteiger partial charge in [-0.25, -0.2) is 9.78 Å². The van der Waals surface area contributed by atoms with Crippen molar-refractivity contribution in [2.45, 2.75) is 6.92 Å². The van der Waals surface area contributed by atoms with Crippen LogP contribution < -0.4 is 0 Å². The fourth-order valence-corrected chi connectivity index (χ4v) is 0.948. The number of hydrogen-bond acceptors (Lipinski definition) is 5. The standard InChI is InChI=1S/C10H10N2O4/c1-2-16-10(13)6-4-8-3-5-9(7-11-8)12(14)15/h3-7H,2H2,1H3/b6-4+. The lowest BCUT2D eigenvalue weighted by atomic mass is 10.3. The summed E-state index contributed by atoms with van der Waals surface area (Å²) in [6, 6.07) is 2.77. The molecule has 0 spiro atoms. The van der Waals surface area contributed by atoms with Crippen LogP contribution in [0.15, 0.2) is 24.4 Å². The van der Waals surface area contributed by atoms with Crippen molar-refractivity contribution in [3.63, 3.8) is 0 Å². The highest BCUT2D eigenvalue weighted by atomic mass is 16.6. The molecule has 0 unspecified atom stereocenters. The highest BCUT2D eigenvalue weighted by molar-refractivity contribution is 5.86. The van der Waals surface area contributed by atoms with Crippen molar-refractivity contribution in [1.82, 2.24) is 4.98 Å². The predicted molar refractivity (Wildman–Crippen MR) is 56.6 cm³/mol. The van der Waals surface area contributed by atoms with E-state index in [-0.39, 0.29) is 5.69 Å². The molecule has 0 aliphatic rings. The maximum absolute atomic E-state index is 10.9. The second kappa shape index (κ2) is 5.59. The van der Waals surface area contributed by atoms with Crippen LogP contribution in [0.25, 0.3) is 6.08 Å². The van der Waals surface area contributed by atoms with E-state index in [1.807, 2.05) is 0 Å². The first-order chi connectivity index (χ1) is 7.63.